The van der Waals surface area contributed by atoms with E-state index < -0.39 is 0 Å². The van der Waals surface area contributed by atoms with Crippen LogP contribution in [0.1, 0.15) is 0 Å². The van der Waals surface area contributed by atoms with E-state index in [1.807, 2.05) is 48.5 Å². The summed E-state index contributed by atoms with van der Waals surface area (Å²) >= 11 is 6.09. The van der Waals surface area contributed by atoms with Crippen molar-refractivity contribution in [1.82, 2.24) is 9.97 Å². The van der Waals surface area contributed by atoms with Crippen LogP contribution in [0, 0.1) is 11.3 Å². The molecule has 5 heteroatoms. The molecule has 3 aromatic rings. The molecule has 0 saturated carbocycles. The van der Waals surface area contributed by atoms with Gasteiger partial charge >= 0.3 is 0 Å². The molecule has 21 heavy (non-hydrogen) atoms. The van der Waals surface area contributed by atoms with Crippen LogP contribution in [0.5, 0.6) is 0 Å². The summed E-state index contributed by atoms with van der Waals surface area (Å²) in [6.45, 7) is 0.160. The van der Waals surface area contributed by atoms with Gasteiger partial charge < -0.3 is 5.32 Å². The van der Waals surface area contributed by atoms with Gasteiger partial charge in [0, 0.05) is 16.0 Å². The lowest BCUT2D eigenvalue weighted by atomic mass is 10.1. The molecule has 0 fully saturated rings. The van der Waals surface area contributed by atoms with Crippen LogP contribution < -0.4 is 5.32 Å². The predicted molar refractivity (Wildman–Crippen MR) is 84.1 cm³/mol. The quantitative estimate of drug-likeness (QED) is 0.745. The van der Waals surface area contributed by atoms with Crippen LogP contribution in [0.4, 0.5) is 5.95 Å². The van der Waals surface area contributed by atoms with E-state index in [1.54, 1.807) is 6.07 Å². The van der Waals surface area contributed by atoms with E-state index in [2.05, 4.69) is 15.3 Å². The van der Waals surface area contributed by atoms with Gasteiger partial charge in [-0.15, -0.1) is 0 Å². The molecule has 1 aromatic heterocycles. The number of nitrogens with one attached hydrogen (secondary N) is 1. The molecule has 0 aliphatic carbocycles. The average Bonchev–Trinajstić information content (AvgIpc) is 2.53. The number of aromatic nitrogens is 2. The van der Waals surface area contributed by atoms with Crippen LogP contribution in [0.25, 0.3) is 22.2 Å². The minimum Gasteiger partial charge on any atom is -0.341 e. The van der Waals surface area contributed by atoms with Crippen molar-refractivity contribution in [3.05, 3.63) is 53.6 Å². The van der Waals surface area contributed by atoms with Crippen molar-refractivity contribution in [2.75, 3.05) is 11.9 Å². The zero-order chi connectivity index (χ0) is 14.7. The van der Waals surface area contributed by atoms with Crippen molar-refractivity contribution >= 4 is 28.5 Å². The molecule has 3 rings (SSSR count). The molecule has 0 unspecified atom stereocenters. The number of hydrogen-bond acceptors (Lipinski definition) is 4. The summed E-state index contributed by atoms with van der Waals surface area (Å²) in [6, 6.07) is 17.3. The minimum atomic E-state index is 0.160. The molecule has 0 radical (unpaired) electrons. The molecule has 2 aromatic carbocycles. The number of hydrogen-bond donors (Lipinski definition) is 1. The maximum atomic E-state index is 8.68. The lowest BCUT2D eigenvalue weighted by molar-refractivity contribution is 1.16. The van der Waals surface area contributed by atoms with Gasteiger partial charge in [0.05, 0.1) is 17.3 Å². The highest BCUT2D eigenvalue weighted by Gasteiger charge is 2.10. The van der Waals surface area contributed by atoms with Gasteiger partial charge in [0.15, 0.2) is 0 Å². The van der Waals surface area contributed by atoms with E-state index in [4.69, 9.17) is 16.9 Å². The second kappa shape index (κ2) is 5.78. The first-order chi connectivity index (χ1) is 10.3. The third kappa shape index (κ3) is 2.78. The monoisotopic (exact) mass is 294 g/mol. The van der Waals surface area contributed by atoms with Crippen LogP contribution in [0.3, 0.4) is 0 Å². The molecular formula is C16H11ClN4. The van der Waals surface area contributed by atoms with Crippen molar-refractivity contribution in [2.24, 2.45) is 0 Å². The molecule has 1 heterocycles. The first-order valence-corrected chi connectivity index (χ1v) is 6.79. The standard InChI is InChI=1S/C16H11ClN4/c17-12-6-7-14-13(10-12)15(11-4-2-1-3-5-11)21-16(20-14)19-9-8-18/h1-7,10H,9H2,(H,19,20,21). The second-order valence-corrected chi connectivity index (χ2v) is 4.87. The first-order valence-electron chi connectivity index (χ1n) is 6.41. The van der Waals surface area contributed by atoms with E-state index in [1.165, 1.54) is 0 Å². The van der Waals surface area contributed by atoms with Crippen LogP contribution in [-0.2, 0) is 0 Å². The Labute approximate surface area is 127 Å². The Bertz CT molecular complexity index is 825. The zero-order valence-electron chi connectivity index (χ0n) is 11.0. The summed E-state index contributed by atoms with van der Waals surface area (Å²) in [7, 11) is 0. The fraction of sp³-hybridized carbons (Fsp3) is 0.0625. The van der Waals surface area contributed by atoms with Gasteiger partial charge in [0.1, 0.15) is 6.54 Å². The van der Waals surface area contributed by atoms with Gasteiger partial charge in [-0.25, -0.2) is 9.97 Å². The van der Waals surface area contributed by atoms with Gasteiger partial charge in [-0.3, -0.25) is 0 Å². The Kier molecular flexibility index (Phi) is 3.67. The number of halogens is 1. The fourth-order valence-electron chi connectivity index (χ4n) is 2.11. The topological polar surface area (TPSA) is 61.6 Å². The first kappa shape index (κ1) is 13.3. The summed E-state index contributed by atoms with van der Waals surface area (Å²) in [5.41, 5.74) is 2.56. The summed E-state index contributed by atoms with van der Waals surface area (Å²) < 4.78 is 0. The van der Waals surface area contributed by atoms with E-state index in [-0.39, 0.29) is 6.54 Å². The summed E-state index contributed by atoms with van der Waals surface area (Å²) in [5, 5.41) is 13.1. The Hall–Kier alpha value is -2.64. The Morgan fingerprint density at radius 2 is 1.90 bits per heavy atom. The molecule has 0 atom stereocenters. The van der Waals surface area contributed by atoms with Gasteiger partial charge in [-0.2, -0.15) is 5.26 Å². The van der Waals surface area contributed by atoms with Crippen molar-refractivity contribution in [1.29, 1.82) is 5.26 Å². The Balaban J connectivity index is 2.23. The van der Waals surface area contributed by atoms with Crippen LogP contribution in [0.15, 0.2) is 48.5 Å². The Morgan fingerprint density at radius 1 is 1.10 bits per heavy atom. The lowest BCUT2D eigenvalue weighted by Gasteiger charge is -2.09. The summed E-state index contributed by atoms with van der Waals surface area (Å²) in [6.07, 6.45) is 0. The Morgan fingerprint density at radius 3 is 2.67 bits per heavy atom. The second-order valence-electron chi connectivity index (χ2n) is 4.43. The number of nitrogens with zero attached hydrogens (tertiary/aromatic N) is 3. The van der Waals surface area contributed by atoms with E-state index in [0.717, 1.165) is 22.2 Å². The van der Waals surface area contributed by atoms with Gasteiger partial charge in [-0.1, -0.05) is 41.9 Å². The van der Waals surface area contributed by atoms with Crippen molar-refractivity contribution in [2.45, 2.75) is 0 Å². The number of nitriles is 1. The summed E-state index contributed by atoms with van der Waals surface area (Å²) in [5.74, 6) is 0.435. The predicted octanol–water partition coefficient (Wildman–Crippen LogP) is 3.89. The van der Waals surface area contributed by atoms with Crippen LogP contribution >= 0.6 is 11.6 Å². The van der Waals surface area contributed by atoms with Gasteiger partial charge in [0.25, 0.3) is 0 Å². The van der Waals surface area contributed by atoms with E-state index in [0.29, 0.717) is 11.0 Å². The van der Waals surface area contributed by atoms with Crippen LogP contribution in [-0.4, -0.2) is 16.5 Å². The molecule has 0 aliphatic rings. The maximum absolute atomic E-state index is 8.68. The lowest BCUT2D eigenvalue weighted by Crippen LogP contribution is -2.04. The highest BCUT2D eigenvalue weighted by atomic mass is 35.5. The van der Waals surface area contributed by atoms with Crippen molar-refractivity contribution in [3.8, 4) is 17.3 Å². The number of rotatable bonds is 3. The van der Waals surface area contributed by atoms with Crippen LogP contribution in [0.2, 0.25) is 5.02 Å². The maximum Gasteiger partial charge on any atom is 0.224 e. The number of fused-ring (bicyclic) bond motifs is 1. The largest absolute Gasteiger partial charge is 0.341 e. The minimum absolute atomic E-state index is 0.160. The molecule has 0 saturated heterocycles. The normalized spacial score (nSPS) is 10.3. The average molecular weight is 295 g/mol. The molecule has 1 N–H and O–H groups in total. The molecule has 0 bridgehead atoms. The zero-order valence-corrected chi connectivity index (χ0v) is 11.8. The fourth-order valence-corrected chi connectivity index (χ4v) is 2.29. The molecule has 0 amide bonds. The number of benzene rings is 2. The molecule has 0 spiro atoms. The molecule has 102 valence electrons. The number of anilines is 1. The third-order valence-electron chi connectivity index (χ3n) is 3.03. The van der Waals surface area contributed by atoms with Gasteiger partial charge in [-0.05, 0) is 18.2 Å². The van der Waals surface area contributed by atoms with E-state index in [9.17, 15) is 0 Å². The van der Waals surface area contributed by atoms with Crippen molar-refractivity contribution < 1.29 is 0 Å². The van der Waals surface area contributed by atoms with Crippen molar-refractivity contribution in [3.63, 3.8) is 0 Å². The highest BCUT2D eigenvalue weighted by molar-refractivity contribution is 6.31. The third-order valence-corrected chi connectivity index (χ3v) is 3.27. The highest BCUT2D eigenvalue weighted by Crippen LogP contribution is 2.29. The molecule has 4 nitrogen and oxygen atoms in total. The SMILES string of the molecule is N#CCNc1nc(-c2ccccc2)c2cc(Cl)ccc2n1. The van der Waals surface area contributed by atoms with E-state index >= 15 is 0 Å². The smallest absolute Gasteiger partial charge is 0.224 e. The van der Waals surface area contributed by atoms with Gasteiger partial charge in [0.2, 0.25) is 5.95 Å². The summed E-state index contributed by atoms with van der Waals surface area (Å²) in [4.78, 5) is 8.93. The molecular weight excluding hydrogens is 284 g/mol. The molecule has 0 aliphatic heterocycles.